The third-order valence-corrected chi connectivity index (χ3v) is 4.51. The number of nitrogens with one attached hydrogen (secondary N) is 2. The molecule has 12 heteroatoms. The smallest absolute Gasteiger partial charge is 0.328 e. The minimum absolute atomic E-state index is 0.246. The number of likely N-dealkylation sites (tertiary alicyclic amines) is 1. The van der Waals surface area contributed by atoms with Crippen LogP contribution >= 0.6 is 0 Å². The molecular weight excluding hydrogens is 376 g/mol. The molecule has 6 unspecified atom stereocenters. The van der Waals surface area contributed by atoms with E-state index in [2.05, 4.69) is 5.32 Å². The van der Waals surface area contributed by atoms with Gasteiger partial charge in [-0.25, -0.2) is 4.79 Å². The van der Waals surface area contributed by atoms with E-state index in [1.807, 2.05) is 5.32 Å². The third kappa shape index (κ3) is 5.86. The molecule has 28 heavy (non-hydrogen) atoms. The normalized spacial score (nSPS) is 21.9. The van der Waals surface area contributed by atoms with Gasteiger partial charge in [0.2, 0.25) is 17.7 Å². The van der Waals surface area contributed by atoms with Crippen molar-refractivity contribution in [2.45, 2.75) is 63.1 Å². The summed E-state index contributed by atoms with van der Waals surface area (Å²) >= 11 is 0. The molecule has 1 aliphatic rings. The number of carboxylic acids is 1. The van der Waals surface area contributed by atoms with Crippen LogP contribution in [-0.4, -0.2) is 98.5 Å². The maximum atomic E-state index is 12.5. The van der Waals surface area contributed by atoms with Gasteiger partial charge in [0.25, 0.3) is 0 Å². The number of rotatable bonds is 9. The van der Waals surface area contributed by atoms with Crippen molar-refractivity contribution in [3.63, 3.8) is 0 Å². The number of aliphatic hydroxyl groups excluding tert-OH is 3. The summed E-state index contributed by atoms with van der Waals surface area (Å²) in [6, 6.07) is -5.23. The molecule has 0 saturated carbocycles. The predicted octanol–water partition coefficient (Wildman–Crippen LogP) is -3.89. The van der Waals surface area contributed by atoms with Crippen LogP contribution in [0.15, 0.2) is 0 Å². The Morgan fingerprint density at radius 2 is 1.75 bits per heavy atom. The van der Waals surface area contributed by atoms with Crippen LogP contribution in [0.4, 0.5) is 0 Å². The fraction of sp³-hybridized carbons (Fsp3) is 0.750. The number of carbonyl (C=O) groups is 4. The van der Waals surface area contributed by atoms with Gasteiger partial charge in [0.05, 0.1) is 18.8 Å². The second-order valence-corrected chi connectivity index (χ2v) is 6.76. The molecule has 0 spiro atoms. The maximum Gasteiger partial charge on any atom is 0.328 e. The molecule has 6 atom stereocenters. The van der Waals surface area contributed by atoms with Crippen LogP contribution < -0.4 is 16.4 Å². The number of hydrogen-bond acceptors (Lipinski definition) is 8. The summed E-state index contributed by atoms with van der Waals surface area (Å²) in [4.78, 5) is 49.3. The zero-order chi connectivity index (χ0) is 21.6. The molecule has 8 N–H and O–H groups in total. The highest BCUT2D eigenvalue weighted by Crippen LogP contribution is 2.19. The van der Waals surface area contributed by atoms with Crippen LogP contribution in [0.25, 0.3) is 0 Å². The number of hydrogen-bond donors (Lipinski definition) is 7. The summed E-state index contributed by atoms with van der Waals surface area (Å²) in [6.07, 6.45) is -1.70. The Labute approximate surface area is 161 Å². The fourth-order valence-corrected chi connectivity index (χ4v) is 2.81. The Bertz CT molecular complexity index is 597. The van der Waals surface area contributed by atoms with Gasteiger partial charge in [0.1, 0.15) is 18.1 Å². The summed E-state index contributed by atoms with van der Waals surface area (Å²) in [5.41, 5.74) is 5.63. The number of nitrogens with zero attached hydrogens (tertiary/aromatic N) is 1. The number of carbonyl (C=O) groups excluding carboxylic acids is 3. The fourth-order valence-electron chi connectivity index (χ4n) is 2.81. The largest absolute Gasteiger partial charge is 0.480 e. The second-order valence-electron chi connectivity index (χ2n) is 6.76. The van der Waals surface area contributed by atoms with Gasteiger partial charge in [-0.05, 0) is 26.7 Å². The maximum absolute atomic E-state index is 12.5. The Morgan fingerprint density at radius 1 is 1.14 bits per heavy atom. The number of nitrogens with two attached hydrogens (primary N) is 1. The molecule has 0 bridgehead atoms. The molecule has 12 nitrogen and oxygen atoms in total. The van der Waals surface area contributed by atoms with E-state index in [4.69, 9.17) is 10.8 Å². The SMILES string of the molecule is CC(O)C(N)C(=O)N1CCCC1C(=O)NC(CO)C(=O)NC(C(=O)O)C(C)O. The highest BCUT2D eigenvalue weighted by Gasteiger charge is 2.38. The van der Waals surface area contributed by atoms with Gasteiger partial charge < -0.3 is 41.7 Å². The first-order chi connectivity index (χ1) is 13.0. The molecule has 0 aromatic carbocycles. The zero-order valence-corrected chi connectivity index (χ0v) is 15.7. The average Bonchev–Trinajstić information content (AvgIpc) is 3.11. The quantitative estimate of drug-likeness (QED) is 0.200. The van der Waals surface area contributed by atoms with E-state index in [9.17, 15) is 34.5 Å². The lowest BCUT2D eigenvalue weighted by atomic mass is 10.1. The Balaban J connectivity index is 2.80. The summed E-state index contributed by atoms with van der Waals surface area (Å²) in [5, 5.41) is 41.6. The first-order valence-corrected chi connectivity index (χ1v) is 8.87. The number of aliphatic carboxylic acids is 1. The van der Waals surface area contributed by atoms with Crippen molar-refractivity contribution < 1.29 is 39.6 Å². The molecule has 0 radical (unpaired) electrons. The number of aliphatic hydroxyl groups is 3. The first-order valence-electron chi connectivity index (χ1n) is 8.87. The van der Waals surface area contributed by atoms with E-state index in [-0.39, 0.29) is 6.54 Å². The Kier molecular flexibility index (Phi) is 8.75. The van der Waals surface area contributed by atoms with Crippen LogP contribution in [0.1, 0.15) is 26.7 Å². The van der Waals surface area contributed by atoms with Crippen molar-refractivity contribution in [2.75, 3.05) is 13.2 Å². The van der Waals surface area contributed by atoms with E-state index >= 15 is 0 Å². The molecule has 3 amide bonds. The van der Waals surface area contributed by atoms with Crippen molar-refractivity contribution in [1.82, 2.24) is 15.5 Å². The topological polar surface area (TPSA) is 203 Å². The van der Waals surface area contributed by atoms with Gasteiger partial charge in [0, 0.05) is 6.54 Å². The Hall–Kier alpha value is -2.28. The van der Waals surface area contributed by atoms with Crippen LogP contribution in [0.2, 0.25) is 0 Å². The molecule has 1 saturated heterocycles. The van der Waals surface area contributed by atoms with E-state index in [1.165, 1.54) is 18.7 Å². The summed E-state index contributed by atoms with van der Waals surface area (Å²) in [7, 11) is 0. The lowest BCUT2D eigenvalue weighted by molar-refractivity contribution is -0.146. The molecule has 160 valence electrons. The highest BCUT2D eigenvalue weighted by atomic mass is 16.4. The van der Waals surface area contributed by atoms with Gasteiger partial charge in [-0.3, -0.25) is 14.4 Å². The van der Waals surface area contributed by atoms with Gasteiger partial charge in [0.15, 0.2) is 6.04 Å². The van der Waals surface area contributed by atoms with Gasteiger partial charge in [-0.2, -0.15) is 0 Å². The monoisotopic (exact) mass is 404 g/mol. The molecule has 1 aliphatic heterocycles. The molecular formula is C16H28N4O8. The standard InChI is InChI=1S/C16H28N4O8/c1-7(22)11(17)15(26)20-5-3-4-10(20)14(25)18-9(6-21)13(24)19-12(8(2)23)16(27)28/h7-12,21-23H,3-6,17H2,1-2H3,(H,18,25)(H,19,24)(H,27,28). The molecule has 0 aliphatic carbocycles. The Morgan fingerprint density at radius 3 is 2.21 bits per heavy atom. The minimum Gasteiger partial charge on any atom is -0.480 e. The van der Waals surface area contributed by atoms with Crippen LogP contribution in [-0.2, 0) is 19.2 Å². The number of amides is 3. The molecule has 0 aromatic heterocycles. The zero-order valence-electron chi connectivity index (χ0n) is 15.7. The first kappa shape index (κ1) is 23.8. The van der Waals surface area contributed by atoms with Gasteiger partial charge >= 0.3 is 5.97 Å². The average molecular weight is 404 g/mol. The van der Waals surface area contributed by atoms with Crippen molar-refractivity contribution >= 4 is 23.7 Å². The van der Waals surface area contributed by atoms with E-state index in [0.717, 1.165) is 0 Å². The minimum atomic E-state index is -1.62. The van der Waals surface area contributed by atoms with Crippen LogP contribution in [0.3, 0.4) is 0 Å². The molecule has 1 fully saturated rings. The van der Waals surface area contributed by atoms with E-state index in [1.54, 1.807) is 0 Å². The number of carboxylic acid groups (broad SMARTS) is 1. The van der Waals surface area contributed by atoms with Gasteiger partial charge in [-0.1, -0.05) is 0 Å². The highest BCUT2D eigenvalue weighted by molar-refractivity contribution is 5.94. The van der Waals surface area contributed by atoms with Crippen LogP contribution in [0, 0.1) is 0 Å². The summed E-state index contributed by atoms with van der Waals surface area (Å²) < 4.78 is 0. The molecule has 0 aromatic rings. The van der Waals surface area contributed by atoms with Crippen molar-refractivity contribution in [3.05, 3.63) is 0 Å². The molecule has 1 rings (SSSR count). The second kappa shape index (κ2) is 10.3. The van der Waals surface area contributed by atoms with Gasteiger partial charge in [-0.15, -0.1) is 0 Å². The predicted molar refractivity (Wildman–Crippen MR) is 94.7 cm³/mol. The van der Waals surface area contributed by atoms with Crippen LogP contribution in [0.5, 0.6) is 0 Å². The molecule has 1 heterocycles. The summed E-state index contributed by atoms with van der Waals surface area (Å²) in [6.45, 7) is 1.94. The lowest BCUT2D eigenvalue weighted by Crippen LogP contribution is -2.59. The van der Waals surface area contributed by atoms with Crippen molar-refractivity contribution in [3.8, 4) is 0 Å². The third-order valence-electron chi connectivity index (χ3n) is 4.51. The van der Waals surface area contributed by atoms with E-state index in [0.29, 0.717) is 12.8 Å². The van der Waals surface area contributed by atoms with E-state index < -0.39 is 66.7 Å². The van der Waals surface area contributed by atoms with Crippen molar-refractivity contribution in [2.24, 2.45) is 5.73 Å². The summed E-state index contributed by atoms with van der Waals surface area (Å²) in [5.74, 6) is -3.81. The van der Waals surface area contributed by atoms with Crippen molar-refractivity contribution in [1.29, 1.82) is 0 Å². The lowest BCUT2D eigenvalue weighted by Gasteiger charge is -2.29.